The van der Waals surface area contributed by atoms with Crippen molar-refractivity contribution < 1.29 is 13.2 Å². The number of benzene rings is 1. The van der Waals surface area contributed by atoms with Gasteiger partial charge in [0.15, 0.2) is 0 Å². The number of carbonyl (C=O) groups excluding carboxylic acids is 1. The fraction of sp³-hybridized carbons (Fsp3) is 0.588. The second kappa shape index (κ2) is 11.0. The predicted octanol–water partition coefficient (Wildman–Crippen LogP) is 3.17. The number of unbranched alkanes of at least 4 members (excludes halogenated alkanes) is 7. The van der Waals surface area contributed by atoms with Gasteiger partial charge in [-0.1, -0.05) is 51.9 Å². The van der Waals surface area contributed by atoms with Gasteiger partial charge in [0.1, 0.15) is 0 Å². The van der Waals surface area contributed by atoms with Crippen LogP contribution in [0.4, 0.5) is 5.69 Å². The van der Waals surface area contributed by atoms with Crippen molar-refractivity contribution in [3.63, 3.8) is 0 Å². The SMILES string of the molecule is CCCCCCCCCCS(=O)(=O)Nc1ccc(C(=O)NN)cc1. The smallest absolute Gasteiger partial charge is 0.265 e. The first kappa shape index (κ1) is 20.4. The van der Waals surface area contributed by atoms with Crippen LogP contribution in [0.3, 0.4) is 0 Å². The largest absolute Gasteiger partial charge is 0.290 e. The molecule has 0 unspecified atom stereocenters. The topological polar surface area (TPSA) is 101 Å². The van der Waals surface area contributed by atoms with Gasteiger partial charge in [-0.15, -0.1) is 0 Å². The van der Waals surface area contributed by atoms with Crippen LogP contribution in [-0.4, -0.2) is 20.1 Å². The van der Waals surface area contributed by atoms with Crippen molar-refractivity contribution in [2.24, 2.45) is 5.84 Å². The summed E-state index contributed by atoms with van der Waals surface area (Å²) in [4.78, 5) is 11.3. The van der Waals surface area contributed by atoms with Crippen LogP contribution >= 0.6 is 0 Å². The van der Waals surface area contributed by atoms with E-state index in [0.29, 0.717) is 17.7 Å². The number of nitrogens with one attached hydrogen (secondary N) is 2. The Labute approximate surface area is 145 Å². The van der Waals surface area contributed by atoms with Gasteiger partial charge in [-0.3, -0.25) is 14.9 Å². The minimum Gasteiger partial charge on any atom is -0.290 e. The molecule has 0 saturated carbocycles. The van der Waals surface area contributed by atoms with Gasteiger partial charge in [0, 0.05) is 11.3 Å². The first-order chi connectivity index (χ1) is 11.5. The van der Waals surface area contributed by atoms with Crippen LogP contribution in [-0.2, 0) is 10.0 Å². The summed E-state index contributed by atoms with van der Waals surface area (Å²) in [6, 6.07) is 6.15. The summed E-state index contributed by atoms with van der Waals surface area (Å²) in [6.07, 6.45) is 8.89. The maximum absolute atomic E-state index is 12.0. The molecule has 0 heterocycles. The van der Waals surface area contributed by atoms with Crippen LogP contribution in [0.5, 0.6) is 0 Å². The Hall–Kier alpha value is -1.60. The number of nitrogen functional groups attached to an aromatic ring is 1. The third-order valence-electron chi connectivity index (χ3n) is 3.82. The molecule has 0 atom stereocenters. The molecule has 24 heavy (non-hydrogen) atoms. The Balaban J connectivity index is 2.29. The summed E-state index contributed by atoms with van der Waals surface area (Å²) in [5.41, 5.74) is 2.85. The molecular weight excluding hydrogens is 326 g/mol. The summed E-state index contributed by atoms with van der Waals surface area (Å²) in [6.45, 7) is 2.19. The predicted molar refractivity (Wildman–Crippen MR) is 98.1 cm³/mol. The quantitative estimate of drug-likeness (QED) is 0.232. The molecule has 1 aromatic rings. The number of hydrazine groups is 1. The summed E-state index contributed by atoms with van der Waals surface area (Å²) in [5.74, 6) is 4.75. The monoisotopic (exact) mass is 355 g/mol. The molecule has 1 rings (SSSR count). The number of nitrogens with two attached hydrogens (primary N) is 1. The Bertz CT molecular complexity index is 586. The summed E-state index contributed by atoms with van der Waals surface area (Å²) >= 11 is 0. The first-order valence-corrected chi connectivity index (χ1v) is 10.2. The Morgan fingerprint density at radius 1 is 0.958 bits per heavy atom. The molecule has 136 valence electrons. The van der Waals surface area contributed by atoms with Crippen LogP contribution in [0, 0.1) is 0 Å². The van der Waals surface area contributed by atoms with Crippen LogP contribution in [0.2, 0.25) is 0 Å². The summed E-state index contributed by atoms with van der Waals surface area (Å²) < 4.78 is 26.6. The highest BCUT2D eigenvalue weighted by Gasteiger charge is 2.10. The highest BCUT2D eigenvalue weighted by Crippen LogP contribution is 2.13. The van der Waals surface area contributed by atoms with E-state index in [1.807, 2.05) is 5.43 Å². The standard InChI is InChI=1S/C17H29N3O3S/c1-2-3-4-5-6-7-8-9-14-24(22,23)20-16-12-10-15(11-13-16)17(21)19-18/h10-13,20H,2-9,14,18H2,1H3,(H,19,21). The molecule has 0 saturated heterocycles. The van der Waals surface area contributed by atoms with Gasteiger partial charge in [-0.25, -0.2) is 14.3 Å². The highest BCUT2D eigenvalue weighted by molar-refractivity contribution is 7.92. The van der Waals surface area contributed by atoms with Crippen molar-refractivity contribution in [3.8, 4) is 0 Å². The van der Waals surface area contributed by atoms with Crippen molar-refractivity contribution in [1.82, 2.24) is 5.43 Å². The molecule has 0 radical (unpaired) electrons. The lowest BCUT2D eigenvalue weighted by atomic mass is 10.1. The van der Waals surface area contributed by atoms with Crippen LogP contribution in [0.1, 0.15) is 68.6 Å². The molecule has 0 aromatic heterocycles. The van der Waals surface area contributed by atoms with Crippen molar-refractivity contribution in [1.29, 1.82) is 0 Å². The lowest BCUT2D eigenvalue weighted by Gasteiger charge is -2.08. The van der Waals surface area contributed by atoms with Gasteiger partial charge >= 0.3 is 0 Å². The molecule has 6 nitrogen and oxygen atoms in total. The fourth-order valence-corrected chi connectivity index (χ4v) is 3.61. The number of hydrogen-bond acceptors (Lipinski definition) is 4. The average molecular weight is 356 g/mol. The third-order valence-corrected chi connectivity index (χ3v) is 5.19. The van der Waals surface area contributed by atoms with E-state index < -0.39 is 15.9 Å². The van der Waals surface area contributed by atoms with Gasteiger partial charge in [0.05, 0.1) is 5.75 Å². The Morgan fingerprint density at radius 2 is 1.50 bits per heavy atom. The number of anilines is 1. The van der Waals surface area contributed by atoms with Gasteiger partial charge in [0.25, 0.3) is 5.91 Å². The molecule has 0 spiro atoms. The van der Waals surface area contributed by atoms with E-state index in [1.165, 1.54) is 44.2 Å². The number of rotatable bonds is 12. The Morgan fingerprint density at radius 3 is 2.04 bits per heavy atom. The molecule has 0 aliphatic heterocycles. The fourth-order valence-electron chi connectivity index (χ4n) is 2.43. The van der Waals surface area contributed by atoms with Crippen LogP contribution < -0.4 is 16.0 Å². The molecule has 0 bridgehead atoms. The van der Waals surface area contributed by atoms with Crippen LogP contribution in [0.25, 0.3) is 0 Å². The van der Waals surface area contributed by atoms with Gasteiger partial charge in [-0.05, 0) is 30.7 Å². The molecule has 0 aliphatic carbocycles. The van der Waals surface area contributed by atoms with Gasteiger partial charge < -0.3 is 0 Å². The molecule has 1 amide bonds. The molecule has 0 fully saturated rings. The normalized spacial score (nSPS) is 11.2. The summed E-state index contributed by atoms with van der Waals surface area (Å²) in [7, 11) is -3.35. The third kappa shape index (κ3) is 8.31. The Kier molecular flexibility index (Phi) is 9.41. The number of sulfonamides is 1. The average Bonchev–Trinajstić information content (AvgIpc) is 2.57. The van der Waals surface area contributed by atoms with E-state index in [9.17, 15) is 13.2 Å². The van der Waals surface area contributed by atoms with Crippen molar-refractivity contribution in [2.45, 2.75) is 58.3 Å². The lowest BCUT2D eigenvalue weighted by molar-refractivity contribution is 0.0953. The number of amides is 1. The molecule has 0 aliphatic rings. The van der Waals surface area contributed by atoms with Crippen molar-refractivity contribution >= 4 is 21.6 Å². The van der Waals surface area contributed by atoms with Gasteiger partial charge in [0.2, 0.25) is 10.0 Å². The first-order valence-electron chi connectivity index (χ1n) is 8.60. The number of hydrogen-bond donors (Lipinski definition) is 3. The molecular formula is C17H29N3O3S. The second-order valence-electron chi connectivity index (χ2n) is 5.95. The minimum atomic E-state index is -3.35. The molecule has 1 aromatic carbocycles. The summed E-state index contributed by atoms with van der Waals surface area (Å²) in [5, 5.41) is 0. The zero-order chi connectivity index (χ0) is 17.8. The van der Waals surface area contributed by atoms with E-state index in [2.05, 4.69) is 11.6 Å². The maximum Gasteiger partial charge on any atom is 0.265 e. The zero-order valence-corrected chi connectivity index (χ0v) is 15.2. The lowest BCUT2D eigenvalue weighted by Crippen LogP contribution is -2.29. The maximum atomic E-state index is 12.0. The highest BCUT2D eigenvalue weighted by atomic mass is 32.2. The molecule has 7 heteroatoms. The van der Waals surface area contributed by atoms with E-state index in [1.54, 1.807) is 12.1 Å². The van der Waals surface area contributed by atoms with E-state index in [-0.39, 0.29) is 5.75 Å². The van der Waals surface area contributed by atoms with Crippen LogP contribution in [0.15, 0.2) is 24.3 Å². The van der Waals surface area contributed by atoms with Crippen molar-refractivity contribution in [2.75, 3.05) is 10.5 Å². The van der Waals surface area contributed by atoms with E-state index >= 15 is 0 Å². The molecule has 4 N–H and O–H groups in total. The van der Waals surface area contributed by atoms with E-state index in [4.69, 9.17) is 5.84 Å². The van der Waals surface area contributed by atoms with Crippen molar-refractivity contribution in [3.05, 3.63) is 29.8 Å². The van der Waals surface area contributed by atoms with E-state index in [0.717, 1.165) is 12.8 Å². The second-order valence-corrected chi connectivity index (χ2v) is 7.79. The zero-order valence-electron chi connectivity index (χ0n) is 14.4. The van der Waals surface area contributed by atoms with Gasteiger partial charge in [-0.2, -0.15) is 0 Å². The minimum absolute atomic E-state index is 0.118. The number of carbonyl (C=O) groups is 1.